The number of ether oxygens (including phenoxy) is 3. The normalized spacial score (nSPS) is 31.9. The summed E-state index contributed by atoms with van der Waals surface area (Å²) >= 11 is 0. The van der Waals surface area contributed by atoms with Crippen LogP contribution in [0.25, 0.3) is 0 Å². The van der Waals surface area contributed by atoms with Gasteiger partial charge in [0.25, 0.3) is 0 Å². The molecule has 1 saturated heterocycles. The minimum Gasteiger partial charge on any atom is -0.493 e. The topological polar surface area (TPSA) is 39.7 Å². The number of benzene rings is 1. The number of methoxy groups -OCH3 is 2. The summed E-state index contributed by atoms with van der Waals surface area (Å²) in [5.74, 6) is 2.29. The smallest absolute Gasteiger partial charge is 0.161 e. The van der Waals surface area contributed by atoms with Gasteiger partial charge in [0, 0.05) is 30.0 Å². The lowest BCUT2D eigenvalue weighted by atomic mass is 9.46. The number of fused-ring (bicyclic) bond motifs is 2. The molecule has 0 unspecified atom stereocenters. The number of hydrogen-bond donors (Lipinski definition) is 1. The van der Waals surface area contributed by atoms with E-state index in [4.69, 9.17) is 14.2 Å². The van der Waals surface area contributed by atoms with E-state index in [1.165, 1.54) is 31.2 Å². The summed E-state index contributed by atoms with van der Waals surface area (Å²) in [6, 6.07) is 7.12. The second kappa shape index (κ2) is 5.67. The summed E-state index contributed by atoms with van der Waals surface area (Å²) in [7, 11) is 3.36. The van der Waals surface area contributed by atoms with E-state index >= 15 is 0 Å². The predicted octanol–water partition coefficient (Wildman–Crippen LogP) is 3.31. The summed E-state index contributed by atoms with van der Waals surface area (Å²) in [6.45, 7) is 3.19. The molecule has 3 fully saturated rings. The van der Waals surface area contributed by atoms with Gasteiger partial charge < -0.3 is 19.5 Å². The maximum absolute atomic E-state index is 6.02. The van der Waals surface area contributed by atoms with Crippen LogP contribution in [0, 0.1) is 11.3 Å². The Labute approximate surface area is 138 Å². The van der Waals surface area contributed by atoms with E-state index in [1.54, 1.807) is 14.2 Å². The average Bonchev–Trinajstić information content (AvgIpc) is 2.95. The van der Waals surface area contributed by atoms with Crippen molar-refractivity contribution in [1.29, 1.82) is 0 Å². The molecule has 4 atom stereocenters. The molecule has 23 heavy (non-hydrogen) atoms. The third-order valence-electron chi connectivity index (χ3n) is 6.37. The van der Waals surface area contributed by atoms with Crippen LogP contribution in [-0.2, 0) is 4.74 Å². The molecule has 0 bridgehead atoms. The average molecular weight is 317 g/mol. The first-order valence-corrected chi connectivity index (χ1v) is 8.79. The Bertz CT molecular complexity index is 584. The first-order chi connectivity index (χ1) is 11.2. The predicted molar refractivity (Wildman–Crippen MR) is 89.0 cm³/mol. The highest BCUT2D eigenvalue weighted by atomic mass is 16.5. The highest BCUT2D eigenvalue weighted by Crippen LogP contribution is 2.63. The van der Waals surface area contributed by atoms with Crippen molar-refractivity contribution in [2.75, 3.05) is 20.8 Å². The summed E-state index contributed by atoms with van der Waals surface area (Å²) < 4.78 is 16.8. The summed E-state index contributed by atoms with van der Waals surface area (Å²) in [5.41, 5.74) is 1.67. The van der Waals surface area contributed by atoms with E-state index in [0.29, 0.717) is 29.5 Å². The molecule has 1 heterocycles. The molecule has 4 nitrogen and oxygen atoms in total. The van der Waals surface area contributed by atoms with Crippen molar-refractivity contribution in [3.8, 4) is 11.5 Å². The van der Waals surface area contributed by atoms with Crippen LogP contribution in [0.5, 0.6) is 11.5 Å². The van der Waals surface area contributed by atoms with Gasteiger partial charge in [-0.05, 0) is 43.9 Å². The van der Waals surface area contributed by atoms with Crippen molar-refractivity contribution in [1.82, 2.24) is 5.32 Å². The molecule has 4 heteroatoms. The molecule has 2 aliphatic carbocycles. The second-order valence-corrected chi connectivity index (χ2v) is 7.31. The van der Waals surface area contributed by atoms with Gasteiger partial charge in [-0.1, -0.05) is 12.5 Å². The first kappa shape index (κ1) is 15.3. The van der Waals surface area contributed by atoms with Gasteiger partial charge in [0.1, 0.15) is 0 Å². The molecular formula is C19H27NO3. The molecule has 4 rings (SSSR count). The van der Waals surface area contributed by atoms with Gasteiger partial charge in [0.05, 0.1) is 20.3 Å². The van der Waals surface area contributed by atoms with E-state index in [2.05, 4.69) is 24.4 Å². The van der Waals surface area contributed by atoms with Crippen molar-refractivity contribution in [3.63, 3.8) is 0 Å². The Hall–Kier alpha value is -1.26. The van der Waals surface area contributed by atoms with E-state index in [9.17, 15) is 0 Å². The van der Waals surface area contributed by atoms with Crippen LogP contribution in [0.15, 0.2) is 18.2 Å². The SMILES string of the molecule is COc1ccc([C@H](C)N[C@@H]2[C@H]3CCO[C@@H]3C23CCC3)cc1OC. The van der Waals surface area contributed by atoms with E-state index in [0.717, 1.165) is 18.1 Å². The summed E-state index contributed by atoms with van der Waals surface area (Å²) in [5, 5.41) is 3.91. The minimum absolute atomic E-state index is 0.304. The molecule has 1 aromatic rings. The van der Waals surface area contributed by atoms with Crippen molar-refractivity contribution >= 4 is 0 Å². The third-order valence-corrected chi connectivity index (χ3v) is 6.37. The molecular weight excluding hydrogens is 290 g/mol. The Morgan fingerprint density at radius 3 is 2.65 bits per heavy atom. The van der Waals surface area contributed by atoms with Gasteiger partial charge >= 0.3 is 0 Å². The van der Waals surface area contributed by atoms with Gasteiger partial charge in [0.2, 0.25) is 0 Å². The minimum atomic E-state index is 0.304. The van der Waals surface area contributed by atoms with Gasteiger partial charge in [-0.2, -0.15) is 0 Å². The molecule has 0 aromatic heterocycles. The van der Waals surface area contributed by atoms with Crippen LogP contribution in [0.1, 0.15) is 44.2 Å². The number of nitrogens with one attached hydrogen (secondary N) is 1. The summed E-state index contributed by atoms with van der Waals surface area (Å²) in [4.78, 5) is 0. The highest BCUT2D eigenvalue weighted by molar-refractivity contribution is 5.43. The van der Waals surface area contributed by atoms with Crippen molar-refractivity contribution in [2.24, 2.45) is 11.3 Å². The molecule has 0 radical (unpaired) electrons. The molecule has 1 N–H and O–H groups in total. The van der Waals surface area contributed by atoms with E-state index in [-0.39, 0.29) is 0 Å². The van der Waals surface area contributed by atoms with Crippen molar-refractivity contribution < 1.29 is 14.2 Å². The largest absolute Gasteiger partial charge is 0.493 e. The van der Waals surface area contributed by atoms with Crippen LogP contribution in [-0.4, -0.2) is 33.0 Å². The maximum Gasteiger partial charge on any atom is 0.161 e. The fraction of sp³-hybridized carbons (Fsp3) is 0.684. The van der Waals surface area contributed by atoms with Crippen LogP contribution in [0.3, 0.4) is 0 Å². The molecule has 3 aliphatic rings. The Kier molecular flexibility index (Phi) is 3.77. The lowest BCUT2D eigenvalue weighted by Crippen LogP contribution is -2.71. The van der Waals surface area contributed by atoms with E-state index < -0.39 is 0 Å². The second-order valence-electron chi connectivity index (χ2n) is 7.31. The van der Waals surface area contributed by atoms with Gasteiger partial charge in [-0.3, -0.25) is 0 Å². The molecule has 1 spiro atoms. The Morgan fingerprint density at radius 2 is 2.00 bits per heavy atom. The zero-order valence-electron chi connectivity index (χ0n) is 14.3. The third kappa shape index (κ3) is 2.18. The fourth-order valence-corrected chi connectivity index (χ4v) is 4.98. The van der Waals surface area contributed by atoms with Crippen molar-refractivity contribution in [2.45, 2.75) is 50.8 Å². The Balaban J connectivity index is 1.50. The van der Waals surface area contributed by atoms with Crippen LogP contribution < -0.4 is 14.8 Å². The molecule has 1 aromatic carbocycles. The zero-order valence-corrected chi connectivity index (χ0v) is 14.3. The molecule has 1 aliphatic heterocycles. The van der Waals surface area contributed by atoms with Crippen molar-refractivity contribution in [3.05, 3.63) is 23.8 Å². The Morgan fingerprint density at radius 1 is 1.22 bits per heavy atom. The van der Waals surface area contributed by atoms with E-state index in [1.807, 2.05) is 6.07 Å². The summed E-state index contributed by atoms with van der Waals surface area (Å²) in [6.07, 6.45) is 5.74. The van der Waals surface area contributed by atoms with Crippen LogP contribution >= 0.6 is 0 Å². The maximum atomic E-state index is 6.02. The van der Waals surface area contributed by atoms with Crippen LogP contribution in [0.2, 0.25) is 0 Å². The lowest BCUT2D eigenvalue weighted by molar-refractivity contribution is -0.178. The van der Waals surface area contributed by atoms with Gasteiger partial charge in [0.15, 0.2) is 11.5 Å². The highest BCUT2D eigenvalue weighted by Gasteiger charge is 2.66. The number of rotatable bonds is 5. The standard InChI is InChI=1S/C19H27NO3/c1-12(13-5-6-15(21-2)16(11-13)22-3)20-17-14-7-10-23-18(14)19(17)8-4-9-19/h5-6,11-12,14,17-18,20H,4,7-10H2,1-3H3/t12-,14+,17+,18-/m0/s1. The monoisotopic (exact) mass is 317 g/mol. The van der Waals surface area contributed by atoms with Gasteiger partial charge in [-0.25, -0.2) is 0 Å². The number of hydrogen-bond acceptors (Lipinski definition) is 4. The molecule has 126 valence electrons. The molecule has 2 saturated carbocycles. The quantitative estimate of drug-likeness (QED) is 0.904. The van der Waals surface area contributed by atoms with Gasteiger partial charge in [-0.15, -0.1) is 0 Å². The lowest BCUT2D eigenvalue weighted by Gasteiger charge is -2.64. The fourth-order valence-electron chi connectivity index (χ4n) is 4.98. The first-order valence-electron chi connectivity index (χ1n) is 8.79. The molecule has 0 amide bonds. The van der Waals surface area contributed by atoms with Crippen LogP contribution in [0.4, 0.5) is 0 Å². The zero-order chi connectivity index (χ0) is 16.0.